The molecule has 3 unspecified atom stereocenters. The Labute approximate surface area is 334 Å². The second-order valence-corrected chi connectivity index (χ2v) is 13.5. The number of nitrogens with two attached hydrogens (primary N) is 1. The maximum Gasteiger partial charge on any atom is 1.00 e. The minimum atomic E-state index is -1.08. The quantitative estimate of drug-likeness (QED) is 0.0635. The molecule has 3 rings (SSSR count). The van der Waals surface area contributed by atoms with Gasteiger partial charge in [0.25, 0.3) is 0 Å². The average molecular weight is 722 g/mol. The van der Waals surface area contributed by atoms with E-state index in [1.54, 1.807) is 22.4 Å². The maximum atomic E-state index is 12.8. The number of nitrogens with zero attached hydrogens (tertiary/aromatic N) is 3. The molecule has 2 aliphatic carbocycles. The van der Waals surface area contributed by atoms with Gasteiger partial charge in [-0.2, -0.15) is 18.9 Å². The van der Waals surface area contributed by atoms with Gasteiger partial charge in [0.05, 0.1) is 11.8 Å². The van der Waals surface area contributed by atoms with Crippen molar-refractivity contribution in [3.8, 4) is 0 Å². The van der Waals surface area contributed by atoms with E-state index >= 15 is 0 Å². The minimum absolute atomic E-state index is 0. The van der Waals surface area contributed by atoms with Gasteiger partial charge in [-0.3, -0.25) is 14.4 Å². The first-order valence-corrected chi connectivity index (χ1v) is 18.2. The SMILES string of the molecule is CC.CN(CC1CCC(C(NCCCCCC(=O)N2CCC(ON=O)C2)=C2CCC2)CC1)C(=O)CC(C=O)SCC([NH-])C(N)=O.C[O-].[K+]. The molecule has 3 amide bonds. The number of hydrogen-bond donors (Lipinski definition) is 2. The van der Waals surface area contributed by atoms with E-state index in [1.165, 1.54) is 25.0 Å². The molecule has 3 aliphatic rings. The predicted molar refractivity (Wildman–Crippen MR) is 184 cm³/mol. The van der Waals surface area contributed by atoms with Crippen molar-refractivity contribution in [3.63, 3.8) is 0 Å². The van der Waals surface area contributed by atoms with Crippen LogP contribution in [0.15, 0.2) is 16.6 Å². The van der Waals surface area contributed by atoms with E-state index in [0.29, 0.717) is 50.6 Å². The van der Waals surface area contributed by atoms with Crippen LogP contribution in [0.2, 0.25) is 0 Å². The van der Waals surface area contributed by atoms with Crippen LogP contribution >= 0.6 is 11.8 Å². The van der Waals surface area contributed by atoms with Gasteiger partial charge in [0, 0.05) is 51.6 Å². The molecule has 15 heteroatoms. The Morgan fingerprint density at radius 1 is 1.15 bits per heavy atom. The number of rotatable bonds is 19. The monoisotopic (exact) mass is 721 g/mol. The molecule has 1 saturated heterocycles. The van der Waals surface area contributed by atoms with Crippen molar-refractivity contribution in [2.24, 2.45) is 22.9 Å². The normalized spacial score (nSPS) is 20.9. The van der Waals surface area contributed by atoms with Crippen LogP contribution in [-0.4, -0.2) is 97.3 Å². The Kier molecular flexibility index (Phi) is 27.0. The van der Waals surface area contributed by atoms with Crippen LogP contribution in [0.4, 0.5) is 0 Å². The van der Waals surface area contributed by atoms with Gasteiger partial charge in [0.2, 0.25) is 11.8 Å². The molecule has 270 valence electrons. The fourth-order valence-electron chi connectivity index (χ4n) is 6.14. The molecule has 3 atom stereocenters. The first-order valence-electron chi connectivity index (χ1n) is 17.2. The summed E-state index contributed by atoms with van der Waals surface area (Å²) in [5, 5.41) is 13.9. The summed E-state index contributed by atoms with van der Waals surface area (Å²) >= 11 is 1.13. The van der Waals surface area contributed by atoms with Crippen molar-refractivity contribution >= 4 is 35.8 Å². The van der Waals surface area contributed by atoms with E-state index in [2.05, 4.69) is 10.7 Å². The minimum Gasteiger partial charge on any atom is -0.857 e. The number of carbonyl (C=O) groups excluding carboxylic acids is 4. The molecule has 3 fully saturated rings. The summed E-state index contributed by atoms with van der Waals surface area (Å²) in [7, 11) is 2.54. The summed E-state index contributed by atoms with van der Waals surface area (Å²) in [6, 6.07) is -1.08. The summed E-state index contributed by atoms with van der Waals surface area (Å²) in [6.45, 7) is 6.65. The van der Waals surface area contributed by atoms with Gasteiger partial charge in [-0.1, -0.05) is 25.8 Å². The molecule has 0 radical (unpaired) electrons. The third-order valence-corrected chi connectivity index (χ3v) is 10.2. The van der Waals surface area contributed by atoms with Crippen LogP contribution < -0.4 is 67.5 Å². The molecule has 1 aliphatic heterocycles. The van der Waals surface area contributed by atoms with E-state index in [9.17, 15) is 24.1 Å². The largest absolute Gasteiger partial charge is 1.00 e. The molecule has 0 spiro atoms. The molecule has 2 saturated carbocycles. The predicted octanol–water partition coefficient (Wildman–Crippen LogP) is 0.742. The topological polar surface area (TPSA) is 198 Å². The number of aldehydes is 1. The summed E-state index contributed by atoms with van der Waals surface area (Å²) in [5.74, 6) is 0.351. The van der Waals surface area contributed by atoms with Crippen LogP contribution in [0.1, 0.15) is 97.3 Å². The number of carbonyl (C=O) groups is 4. The van der Waals surface area contributed by atoms with Crippen LogP contribution in [0.25, 0.3) is 5.73 Å². The van der Waals surface area contributed by atoms with Gasteiger partial charge in [0.15, 0.2) is 11.2 Å². The molecule has 1 heterocycles. The fraction of sp³-hybridized carbons (Fsp3) is 0.818. The zero-order valence-corrected chi connectivity index (χ0v) is 33.8. The van der Waals surface area contributed by atoms with Crippen LogP contribution in [0, 0.1) is 16.7 Å². The van der Waals surface area contributed by atoms with Crippen molar-refractivity contribution in [2.45, 2.75) is 115 Å². The van der Waals surface area contributed by atoms with Gasteiger partial charge in [-0.15, -0.1) is 4.91 Å². The van der Waals surface area contributed by atoms with Gasteiger partial charge >= 0.3 is 51.4 Å². The van der Waals surface area contributed by atoms with Crippen molar-refractivity contribution < 1.29 is 80.5 Å². The van der Waals surface area contributed by atoms with Crippen LogP contribution in [0.5, 0.6) is 0 Å². The second kappa shape index (κ2) is 27.6. The molecule has 13 nitrogen and oxygen atoms in total. The number of allylic oxidation sites excluding steroid dienone is 2. The van der Waals surface area contributed by atoms with E-state index in [1.807, 2.05) is 13.8 Å². The van der Waals surface area contributed by atoms with Gasteiger partial charge in [-0.25, -0.2) is 0 Å². The number of nitrogens with one attached hydrogen (secondary N) is 2. The smallest absolute Gasteiger partial charge is 0.857 e. The molecule has 0 aromatic carbocycles. The third kappa shape index (κ3) is 17.2. The average Bonchev–Trinajstić information content (AvgIpc) is 3.54. The molecule has 0 bridgehead atoms. The van der Waals surface area contributed by atoms with E-state index in [4.69, 9.17) is 21.4 Å². The van der Waals surface area contributed by atoms with Gasteiger partial charge in [0.1, 0.15) is 12.4 Å². The number of likely N-dealkylation sites (tertiary alicyclic amines) is 1. The second-order valence-electron chi connectivity index (χ2n) is 12.2. The molecule has 48 heavy (non-hydrogen) atoms. The third-order valence-electron chi connectivity index (χ3n) is 8.97. The van der Waals surface area contributed by atoms with E-state index in [-0.39, 0.29) is 81.5 Å². The Morgan fingerprint density at radius 3 is 2.38 bits per heavy atom. The van der Waals surface area contributed by atoms with Crippen LogP contribution in [-0.2, 0) is 24.0 Å². The number of unbranched alkanes of at least 4 members (excludes halogenated alkanes) is 2. The summed E-state index contributed by atoms with van der Waals surface area (Å²) in [4.78, 5) is 66.2. The van der Waals surface area contributed by atoms with Crippen molar-refractivity contribution in [3.05, 3.63) is 21.9 Å². The number of thioether (sulfide) groups is 1. The Hall–Kier alpha value is -1.07. The first-order chi connectivity index (χ1) is 22.7. The number of hydrogen-bond acceptors (Lipinski definition) is 10. The number of primary amides is 1. The summed E-state index contributed by atoms with van der Waals surface area (Å²) in [6.07, 6.45) is 12.4. The molecule has 0 aromatic heterocycles. The maximum absolute atomic E-state index is 12.8. The first kappa shape index (κ1) is 46.9. The van der Waals surface area contributed by atoms with Crippen molar-refractivity contribution in [1.29, 1.82) is 0 Å². The number of amides is 3. The Bertz CT molecular complexity index is 994. The Morgan fingerprint density at radius 2 is 1.81 bits per heavy atom. The van der Waals surface area contributed by atoms with E-state index < -0.39 is 17.2 Å². The Balaban J connectivity index is 0.00000425. The van der Waals surface area contributed by atoms with Gasteiger partial charge in [-0.05, 0) is 81.4 Å². The molecular formula is C33H58KN6O7S-. The molecular weight excluding hydrogens is 664 g/mol. The molecule has 0 aromatic rings. The zero-order valence-electron chi connectivity index (χ0n) is 29.9. The standard InChI is InChI=1S/C30H49N6O6S.C2H6.CH3O.K/c1-35(28(39)16-25(19-37)43-20-26(31)30(32)40)17-21-9-11-23(12-10-21)29(22-6-5-7-22)33-14-4-2-3-8-27(38)36-15-13-24(18-36)42-34-41;2*1-2;/h19,21,23-26,31,33H,2-18,20H2,1H3,(H2,32,40);1-2H3;1H3;/q-1;;-1;+1. The fourth-order valence-corrected chi connectivity index (χ4v) is 7.08. The zero-order chi connectivity index (χ0) is 35.2. The van der Waals surface area contributed by atoms with Crippen molar-refractivity contribution in [1.82, 2.24) is 15.1 Å². The summed E-state index contributed by atoms with van der Waals surface area (Å²) in [5.41, 5.74) is 15.7. The summed E-state index contributed by atoms with van der Waals surface area (Å²) < 4.78 is 0. The van der Waals surface area contributed by atoms with Crippen molar-refractivity contribution in [2.75, 3.05) is 46.1 Å². The molecule has 4 N–H and O–H groups in total. The van der Waals surface area contributed by atoms with E-state index in [0.717, 1.165) is 70.4 Å². The van der Waals surface area contributed by atoms with Crippen LogP contribution in [0.3, 0.4) is 0 Å². The van der Waals surface area contributed by atoms with Gasteiger partial charge < -0.3 is 41.3 Å².